The van der Waals surface area contributed by atoms with E-state index in [0.29, 0.717) is 12.3 Å². The van der Waals surface area contributed by atoms with Crippen molar-refractivity contribution in [3.63, 3.8) is 0 Å². The van der Waals surface area contributed by atoms with Crippen molar-refractivity contribution in [2.45, 2.75) is 13.5 Å². The molecule has 5 heteroatoms. The van der Waals surface area contributed by atoms with Crippen LogP contribution in [0.5, 0.6) is 5.75 Å². The minimum absolute atomic E-state index is 0.0408. The molecule has 3 aromatic carbocycles. The fraction of sp³-hybridized carbons (Fsp3) is 0.0833. The minimum atomic E-state index is -0.433. The highest BCUT2D eigenvalue weighted by molar-refractivity contribution is 14.1. The lowest BCUT2D eigenvalue weighted by atomic mass is 10.1. The number of halogens is 1. The quantitative estimate of drug-likeness (QED) is 0.271. The zero-order valence-corrected chi connectivity index (χ0v) is 18.0. The molecule has 3 rings (SSSR count). The van der Waals surface area contributed by atoms with Gasteiger partial charge in [0.05, 0.1) is 0 Å². The Morgan fingerprint density at radius 2 is 1.83 bits per heavy atom. The minimum Gasteiger partial charge on any atom is -0.489 e. The lowest BCUT2D eigenvalue weighted by Crippen LogP contribution is -2.13. The van der Waals surface area contributed by atoms with Crippen molar-refractivity contribution in [1.29, 1.82) is 5.26 Å². The smallest absolute Gasteiger partial charge is 0.266 e. The Kier molecular flexibility index (Phi) is 7.04. The molecule has 3 aromatic rings. The third-order valence-electron chi connectivity index (χ3n) is 4.15. The highest BCUT2D eigenvalue weighted by Gasteiger charge is 2.09. The molecule has 29 heavy (non-hydrogen) atoms. The molecule has 1 N–H and O–H groups in total. The summed E-state index contributed by atoms with van der Waals surface area (Å²) in [5.74, 6) is 0.292. The van der Waals surface area contributed by atoms with Crippen LogP contribution in [0.2, 0.25) is 0 Å². The van der Waals surface area contributed by atoms with E-state index < -0.39 is 5.91 Å². The topological polar surface area (TPSA) is 62.1 Å². The average Bonchev–Trinajstić information content (AvgIpc) is 2.72. The average molecular weight is 494 g/mol. The number of ether oxygens (including phenoxy) is 1. The van der Waals surface area contributed by atoms with Crippen molar-refractivity contribution >= 4 is 40.3 Å². The van der Waals surface area contributed by atoms with E-state index in [9.17, 15) is 10.1 Å². The van der Waals surface area contributed by atoms with Gasteiger partial charge in [-0.2, -0.15) is 5.26 Å². The van der Waals surface area contributed by atoms with Crippen LogP contribution in [0.4, 0.5) is 5.69 Å². The number of nitriles is 1. The molecule has 144 valence electrons. The zero-order chi connectivity index (χ0) is 20.6. The van der Waals surface area contributed by atoms with Gasteiger partial charge in [-0.25, -0.2) is 0 Å². The Labute approximate surface area is 184 Å². The number of nitrogens with one attached hydrogen (secondary N) is 1. The first-order valence-corrected chi connectivity index (χ1v) is 10.1. The van der Waals surface area contributed by atoms with Gasteiger partial charge in [-0.1, -0.05) is 36.4 Å². The maximum absolute atomic E-state index is 12.4. The summed E-state index contributed by atoms with van der Waals surface area (Å²) in [7, 11) is 0. The first-order chi connectivity index (χ1) is 14.0. The summed E-state index contributed by atoms with van der Waals surface area (Å²) < 4.78 is 6.97. The molecule has 0 heterocycles. The summed E-state index contributed by atoms with van der Waals surface area (Å²) in [6.07, 6.45) is 1.56. The monoisotopic (exact) mass is 494 g/mol. The summed E-state index contributed by atoms with van der Waals surface area (Å²) in [6.45, 7) is 2.42. The second-order valence-electron chi connectivity index (χ2n) is 6.48. The number of aryl methyl sites for hydroxylation is 1. The molecule has 0 aliphatic rings. The summed E-state index contributed by atoms with van der Waals surface area (Å²) in [6, 6.07) is 24.8. The molecule has 0 aliphatic heterocycles. The van der Waals surface area contributed by atoms with E-state index in [1.54, 1.807) is 12.1 Å². The second kappa shape index (κ2) is 9.89. The number of carbonyl (C=O) groups is 1. The van der Waals surface area contributed by atoms with Crippen molar-refractivity contribution < 1.29 is 9.53 Å². The normalized spacial score (nSPS) is 10.9. The number of carbonyl (C=O) groups excluding carboxylic acids is 1. The van der Waals surface area contributed by atoms with Gasteiger partial charge in [0.25, 0.3) is 5.91 Å². The van der Waals surface area contributed by atoms with Gasteiger partial charge in [0.2, 0.25) is 0 Å². The van der Waals surface area contributed by atoms with Crippen LogP contribution in [0.25, 0.3) is 6.08 Å². The maximum Gasteiger partial charge on any atom is 0.266 e. The fourth-order valence-electron chi connectivity index (χ4n) is 2.64. The lowest BCUT2D eigenvalue weighted by Gasteiger charge is -2.07. The molecule has 0 bridgehead atoms. The first kappa shape index (κ1) is 20.6. The number of rotatable bonds is 6. The first-order valence-electron chi connectivity index (χ1n) is 9.00. The van der Waals surface area contributed by atoms with Crippen molar-refractivity contribution in [1.82, 2.24) is 0 Å². The van der Waals surface area contributed by atoms with Crippen LogP contribution in [-0.2, 0) is 11.4 Å². The summed E-state index contributed by atoms with van der Waals surface area (Å²) in [5, 5.41) is 12.1. The van der Waals surface area contributed by atoms with Crippen molar-refractivity contribution in [2.75, 3.05) is 5.32 Å². The molecular formula is C24H19IN2O2. The number of hydrogen-bond acceptors (Lipinski definition) is 3. The molecule has 0 radical (unpaired) electrons. The molecule has 4 nitrogen and oxygen atoms in total. The summed E-state index contributed by atoms with van der Waals surface area (Å²) >= 11 is 2.27. The van der Waals surface area contributed by atoms with E-state index in [1.807, 2.05) is 79.7 Å². The SMILES string of the molecule is Cc1cccc(NC(=O)/C(C#N)=C\c2ccc(OCc3ccc(I)cc3)cc2)c1. The van der Waals surface area contributed by atoms with Gasteiger partial charge in [-0.05, 0) is 88.7 Å². The van der Waals surface area contributed by atoms with Gasteiger partial charge < -0.3 is 10.1 Å². The van der Waals surface area contributed by atoms with Gasteiger partial charge in [0.15, 0.2) is 0 Å². The predicted molar refractivity (Wildman–Crippen MR) is 123 cm³/mol. The third kappa shape index (κ3) is 6.19. The van der Waals surface area contributed by atoms with Gasteiger partial charge in [-0.3, -0.25) is 4.79 Å². The van der Waals surface area contributed by atoms with Crippen molar-refractivity contribution in [3.05, 3.63) is 98.6 Å². The number of anilines is 1. The van der Waals surface area contributed by atoms with E-state index in [4.69, 9.17) is 4.74 Å². The number of amides is 1. The third-order valence-corrected chi connectivity index (χ3v) is 4.87. The summed E-state index contributed by atoms with van der Waals surface area (Å²) in [4.78, 5) is 12.4. The molecule has 0 unspecified atom stereocenters. The predicted octanol–water partition coefficient (Wildman–Crippen LogP) is 5.72. The molecule has 0 aromatic heterocycles. The van der Waals surface area contributed by atoms with Crippen LogP contribution in [0.15, 0.2) is 78.4 Å². The van der Waals surface area contributed by atoms with Crippen LogP contribution in [-0.4, -0.2) is 5.91 Å². The van der Waals surface area contributed by atoms with E-state index in [-0.39, 0.29) is 5.57 Å². The van der Waals surface area contributed by atoms with Crippen LogP contribution >= 0.6 is 22.6 Å². The van der Waals surface area contributed by atoms with Crippen LogP contribution in [0, 0.1) is 21.8 Å². The molecule has 1 amide bonds. The Morgan fingerprint density at radius 3 is 2.48 bits per heavy atom. The van der Waals surface area contributed by atoms with Gasteiger partial charge in [0, 0.05) is 9.26 Å². The van der Waals surface area contributed by atoms with E-state index in [2.05, 4.69) is 27.9 Å². The van der Waals surface area contributed by atoms with Crippen LogP contribution in [0.1, 0.15) is 16.7 Å². The standard InChI is InChI=1S/C24H19IN2O2/c1-17-3-2-4-22(13-17)27-24(28)20(15-26)14-18-7-11-23(12-8-18)29-16-19-5-9-21(25)10-6-19/h2-14H,16H2,1H3,(H,27,28)/b20-14-. The molecule has 0 aliphatic carbocycles. The Morgan fingerprint density at radius 1 is 1.10 bits per heavy atom. The highest BCUT2D eigenvalue weighted by atomic mass is 127. The van der Waals surface area contributed by atoms with Gasteiger partial charge in [-0.15, -0.1) is 0 Å². The molecule has 0 saturated carbocycles. The highest BCUT2D eigenvalue weighted by Crippen LogP contribution is 2.18. The van der Waals surface area contributed by atoms with Crippen molar-refractivity contribution in [2.24, 2.45) is 0 Å². The van der Waals surface area contributed by atoms with Crippen LogP contribution < -0.4 is 10.1 Å². The van der Waals surface area contributed by atoms with Gasteiger partial charge in [0.1, 0.15) is 24.0 Å². The van der Waals surface area contributed by atoms with Gasteiger partial charge >= 0.3 is 0 Å². The maximum atomic E-state index is 12.4. The molecule has 0 fully saturated rings. The molecule has 0 saturated heterocycles. The molecular weight excluding hydrogens is 475 g/mol. The second-order valence-corrected chi connectivity index (χ2v) is 7.72. The summed E-state index contributed by atoms with van der Waals surface area (Å²) in [5.41, 5.74) is 3.58. The van der Waals surface area contributed by atoms with E-state index in [1.165, 1.54) is 3.57 Å². The Balaban J connectivity index is 1.64. The zero-order valence-electron chi connectivity index (χ0n) is 15.9. The lowest BCUT2D eigenvalue weighted by molar-refractivity contribution is -0.112. The number of nitrogens with zero attached hydrogens (tertiary/aromatic N) is 1. The van der Waals surface area contributed by atoms with E-state index >= 15 is 0 Å². The Hall–Kier alpha value is -3.11. The van der Waals surface area contributed by atoms with Crippen molar-refractivity contribution in [3.8, 4) is 11.8 Å². The number of benzene rings is 3. The van der Waals surface area contributed by atoms with Crippen LogP contribution in [0.3, 0.4) is 0 Å². The molecule has 0 atom stereocenters. The number of hydrogen-bond donors (Lipinski definition) is 1. The Bertz CT molecular complexity index is 1070. The molecule has 0 spiro atoms. The van der Waals surface area contributed by atoms with E-state index in [0.717, 1.165) is 22.4 Å². The largest absolute Gasteiger partial charge is 0.489 e. The fourth-order valence-corrected chi connectivity index (χ4v) is 3.00.